The van der Waals surface area contributed by atoms with E-state index in [2.05, 4.69) is 27.7 Å². The molecule has 0 N–H and O–H groups in total. The first-order valence-corrected chi connectivity index (χ1v) is 24.4. The Hall–Kier alpha value is 3.94. The van der Waals surface area contributed by atoms with Gasteiger partial charge in [-0.3, -0.25) is 0 Å². The van der Waals surface area contributed by atoms with Gasteiger partial charge in [-0.05, 0) is 72.7 Å². The number of hydrogen-bond acceptors (Lipinski definition) is 0. The standard InChI is InChI=1S/2C8H18S2.4ClH.2Mo/c2*1-3-5-9-7-8-10-6-4-2;;;;;;/h2*3-8H2,1-2H3;4*1H;;/q;;;;;;2*+2. The van der Waals surface area contributed by atoms with Crippen molar-refractivity contribution in [2.45, 2.75) is 53.4 Å². The molecule has 0 aliphatic rings. The van der Waals surface area contributed by atoms with Gasteiger partial charge in [0.25, 0.3) is 0 Å². The summed E-state index contributed by atoms with van der Waals surface area (Å²) >= 11 is 5.50. The van der Waals surface area contributed by atoms with E-state index >= 15 is 0 Å². The molecule has 0 spiro atoms. The van der Waals surface area contributed by atoms with Crippen LogP contribution in [0.3, 0.4) is 0 Å². The summed E-state index contributed by atoms with van der Waals surface area (Å²) in [5.41, 5.74) is 0. The Bertz CT molecular complexity index is 156. The second-order valence-corrected chi connectivity index (χ2v) is 16.3. The molecule has 0 aromatic rings. The first-order valence-electron chi connectivity index (χ1n) is 8.98. The summed E-state index contributed by atoms with van der Waals surface area (Å²) in [5.74, 6) is 11.3. The van der Waals surface area contributed by atoms with Gasteiger partial charge in [-0.15, -0.1) is 0 Å². The molecule has 0 rings (SSSR count). The quantitative estimate of drug-likeness (QED) is 0.0959. The van der Waals surface area contributed by atoms with Crippen LogP contribution >= 0.6 is 37.7 Å². The summed E-state index contributed by atoms with van der Waals surface area (Å²) in [6.07, 6.45) is 5.41. The van der Waals surface area contributed by atoms with Crippen LogP contribution in [0.4, 0.5) is 0 Å². The minimum atomic E-state index is -0.586. The van der Waals surface area contributed by atoms with E-state index < -0.39 is 33.0 Å². The van der Waals surface area contributed by atoms with Gasteiger partial charge in [0.1, 0.15) is 46.0 Å². The number of hydrogen-bond donors (Lipinski definition) is 0. The van der Waals surface area contributed by atoms with Crippen molar-refractivity contribution in [2.75, 3.05) is 46.0 Å². The second-order valence-electron chi connectivity index (χ2n) is 4.80. The van der Waals surface area contributed by atoms with Gasteiger partial charge >= 0.3 is 70.6 Å². The first-order chi connectivity index (χ1) is 12.7. The molecular formula is C16H40Cl4Mo2S4+4. The normalized spacial score (nSPS) is 9.23. The third kappa shape index (κ3) is 63.0. The summed E-state index contributed by atoms with van der Waals surface area (Å²) in [4.78, 5) is 0. The van der Waals surface area contributed by atoms with E-state index in [1.54, 1.807) is 47.0 Å². The number of thiol groups is 4. The zero-order valence-electron chi connectivity index (χ0n) is 16.6. The summed E-state index contributed by atoms with van der Waals surface area (Å²) in [7, 11) is 19.6. The molecule has 0 heterocycles. The summed E-state index contributed by atoms with van der Waals surface area (Å²) in [6.45, 7) is 9.04. The predicted octanol–water partition coefficient (Wildman–Crippen LogP) is 5.63. The molecule has 164 valence electrons. The van der Waals surface area contributed by atoms with Crippen LogP contribution in [-0.4, -0.2) is 46.0 Å². The number of rotatable bonds is 14. The van der Waals surface area contributed by atoms with E-state index in [1.807, 2.05) is 0 Å². The van der Waals surface area contributed by atoms with Crippen LogP contribution in [0, 0.1) is 0 Å². The van der Waals surface area contributed by atoms with Gasteiger partial charge in [0, 0.05) is 0 Å². The Kier molecular flexibility index (Phi) is 67.3. The topological polar surface area (TPSA) is 0 Å². The van der Waals surface area contributed by atoms with E-state index in [1.165, 1.54) is 71.7 Å². The SMILES string of the molecule is CCC[SH+]CC[SH+]CCC.CCC[SH+]CC[SH+]CCC.[Cl][Mo][Cl].[Cl][Mo][Cl]. The molecule has 26 heavy (non-hydrogen) atoms. The molecule has 0 radical (unpaired) electrons. The van der Waals surface area contributed by atoms with Crippen LogP contribution in [0.15, 0.2) is 0 Å². The van der Waals surface area contributed by atoms with Crippen molar-refractivity contribution in [3.63, 3.8) is 0 Å². The Morgan fingerprint density at radius 1 is 0.423 bits per heavy atom. The molecule has 0 nitrogen and oxygen atoms in total. The predicted molar refractivity (Wildman–Crippen MR) is 139 cm³/mol. The molecule has 10 heteroatoms. The maximum atomic E-state index is 4.89. The van der Waals surface area contributed by atoms with E-state index in [4.69, 9.17) is 37.7 Å². The second kappa shape index (κ2) is 46.9. The van der Waals surface area contributed by atoms with E-state index in [0.29, 0.717) is 0 Å². The Labute approximate surface area is 214 Å². The molecule has 0 aromatic carbocycles. The Balaban J connectivity index is -0.000000143. The summed E-state index contributed by atoms with van der Waals surface area (Å²) < 4.78 is 0. The van der Waals surface area contributed by atoms with Gasteiger partial charge in [0.2, 0.25) is 0 Å². The van der Waals surface area contributed by atoms with Crippen LogP contribution in [0.1, 0.15) is 53.4 Å². The summed E-state index contributed by atoms with van der Waals surface area (Å²) in [6, 6.07) is 0. The monoisotopic (exact) mass is 696 g/mol. The molecule has 0 fully saturated rings. The molecule has 0 saturated heterocycles. The molecule has 0 bridgehead atoms. The average molecular weight is 694 g/mol. The molecule has 0 unspecified atom stereocenters. The van der Waals surface area contributed by atoms with Gasteiger partial charge in [-0.25, -0.2) is 0 Å². The van der Waals surface area contributed by atoms with Crippen LogP contribution in [0.5, 0.6) is 0 Å². The molecule has 0 aliphatic carbocycles. The van der Waals surface area contributed by atoms with Crippen molar-refractivity contribution in [3.05, 3.63) is 0 Å². The Morgan fingerprint density at radius 2 is 0.577 bits per heavy atom. The van der Waals surface area contributed by atoms with Gasteiger partial charge in [0.05, 0.1) is 0 Å². The fraction of sp³-hybridized carbons (Fsp3) is 1.00. The Morgan fingerprint density at radius 3 is 0.692 bits per heavy atom. The van der Waals surface area contributed by atoms with Gasteiger partial charge in [0.15, 0.2) is 0 Å². The molecular weight excluding hydrogens is 654 g/mol. The average Bonchev–Trinajstić information content (AvgIpc) is 2.63. The van der Waals surface area contributed by atoms with Crippen LogP contribution in [0.25, 0.3) is 0 Å². The third-order valence-electron chi connectivity index (χ3n) is 2.36. The van der Waals surface area contributed by atoms with Gasteiger partial charge < -0.3 is 0 Å². The van der Waals surface area contributed by atoms with E-state index in [-0.39, 0.29) is 0 Å². The van der Waals surface area contributed by atoms with Crippen molar-refractivity contribution < 1.29 is 33.0 Å². The maximum absolute atomic E-state index is 4.89. The van der Waals surface area contributed by atoms with Crippen molar-refractivity contribution in [1.29, 1.82) is 0 Å². The van der Waals surface area contributed by atoms with Crippen LogP contribution in [0.2, 0.25) is 0 Å². The van der Waals surface area contributed by atoms with Gasteiger partial charge in [-0.2, -0.15) is 0 Å². The third-order valence-corrected chi connectivity index (χ3v) is 8.28. The van der Waals surface area contributed by atoms with Crippen LogP contribution < -0.4 is 0 Å². The van der Waals surface area contributed by atoms with E-state index in [0.717, 1.165) is 0 Å². The molecule has 0 aliphatic heterocycles. The fourth-order valence-corrected chi connectivity index (χ4v) is 5.78. The van der Waals surface area contributed by atoms with Crippen molar-refractivity contribution in [2.24, 2.45) is 0 Å². The zero-order chi connectivity index (χ0) is 20.7. The van der Waals surface area contributed by atoms with Crippen molar-refractivity contribution in [3.8, 4) is 0 Å². The van der Waals surface area contributed by atoms with Gasteiger partial charge in [-0.1, -0.05) is 27.7 Å². The molecule has 0 aromatic heterocycles. The summed E-state index contributed by atoms with van der Waals surface area (Å²) in [5, 5.41) is 0. The molecule has 0 saturated carbocycles. The van der Waals surface area contributed by atoms with Crippen LogP contribution in [-0.2, 0) is 80.0 Å². The van der Waals surface area contributed by atoms with Crippen molar-refractivity contribution >= 4 is 84.7 Å². The molecule has 0 atom stereocenters. The minimum absolute atomic E-state index is 0.586. The number of halogens is 4. The fourth-order valence-electron chi connectivity index (χ4n) is 1.36. The van der Waals surface area contributed by atoms with E-state index in [9.17, 15) is 0 Å². The molecule has 0 amide bonds. The van der Waals surface area contributed by atoms with Crippen molar-refractivity contribution in [1.82, 2.24) is 0 Å². The zero-order valence-corrected chi connectivity index (χ0v) is 27.2. The first kappa shape index (κ1) is 37.3.